The van der Waals surface area contributed by atoms with Gasteiger partial charge in [-0.1, -0.05) is 24.3 Å². The number of allylic oxidation sites excluding steroid dienone is 5. The summed E-state index contributed by atoms with van der Waals surface area (Å²) in [5, 5.41) is 0. The second kappa shape index (κ2) is 11.8. The first-order chi connectivity index (χ1) is 20.0. The summed E-state index contributed by atoms with van der Waals surface area (Å²) in [5.74, 6) is 0.654. The highest BCUT2D eigenvalue weighted by Gasteiger charge is 2.42. The van der Waals surface area contributed by atoms with Gasteiger partial charge in [-0.05, 0) is 36.8 Å². The molecule has 13 heteroatoms. The van der Waals surface area contributed by atoms with Gasteiger partial charge in [-0.2, -0.15) is 13.2 Å². The van der Waals surface area contributed by atoms with Crippen LogP contribution in [0.25, 0.3) is 5.57 Å². The molecule has 1 saturated heterocycles. The molecule has 0 bridgehead atoms. The molecule has 1 atom stereocenters. The van der Waals surface area contributed by atoms with E-state index in [0.29, 0.717) is 55.8 Å². The molecular weight excluding hydrogens is 573 g/mol. The average molecular weight is 605 g/mol. The SMILES string of the molecule is COC(=O)CCN1CCN2c3ncc(C4=CCC=CC=C4OC)cc3N(S(=O)(=O)c3cccc(C(F)(F)F)c3)C[C@@H]2C1. The number of carbonyl (C=O) groups excluding carboxylic acids is 1. The lowest BCUT2D eigenvalue weighted by Crippen LogP contribution is -2.61. The number of sulfonamides is 1. The van der Waals surface area contributed by atoms with Crippen LogP contribution in [0.15, 0.2) is 71.5 Å². The van der Waals surface area contributed by atoms with Gasteiger partial charge in [0.2, 0.25) is 0 Å². The molecule has 1 fully saturated rings. The molecule has 42 heavy (non-hydrogen) atoms. The van der Waals surface area contributed by atoms with Crippen molar-refractivity contribution in [1.82, 2.24) is 9.88 Å². The lowest BCUT2D eigenvalue weighted by Gasteiger charge is -2.48. The molecule has 3 aliphatic rings. The fraction of sp³-hybridized carbons (Fsp3) is 0.379. The summed E-state index contributed by atoms with van der Waals surface area (Å²) in [7, 11) is -1.57. The second-order valence-electron chi connectivity index (χ2n) is 10.1. The van der Waals surface area contributed by atoms with Crippen molar-refractivity contribution in [3.8, 4) is 0 Å². The van der Waals surface area contributed by atoms with E-state index in [1.807, 2.05) is 28.0 Å². The van der Waals surface area contributed by atoms with Crippen molar-refractivity contribution >= 4 is 33.1 Å². The molecule has 1 aromatic carbocycles. The molecule has 3 heterocycles. The first-order valence-corrected chi connectivity index (χ1v) is 14.8. The van der Waals surface area contributed by atoms with E-state index in [4.69, 9.17) is 14.5 Å². The number of methoxy groups -OCH3 is 2. The molecule has 9 nitrogen and oxygen atoms in total. The summed E-state index contributed by atoms with van der Waals surface area (Å²) in [4.78, 5) is 20.0. The van der Waals surface area contributed by atoms with Crippen molar-refractivity contribution in [1.29, 1.82) is 0 Å². The predicted molar refractivity (Wildman–Crippen MR) is 151 cm³/mol. The highest BCUT2D eigenvalue weighted by molar-refractivity contribution is 7.92. The standard InChI is InChI=1S/C29H31F3N4O5S/c1-40-26-10-5-3-4-9-24(26)20-15-25-28(33-17-20)35-14-13-34(12-11-27(37)41-2)18-22(35)19-36(25)42(38,39)23-8-6-7-21(16-23)29(30,31)32/h3,5-10,15-17,22H,4,11-14,18-19H2,1-2H3/t22-/m0/s1. The highest BCUT2D eigenvalue weighted by Crippen LogP contribution is 2.41. The zero-order chi connectivity index (χ0) is 30.1. The minimum Gasteiger partial charge on any atom is -0.496 e. The number of alkyl halides is 3. The van der Waals surface area contributed by atoms with Crippen LogP contribution in [-0.4, -0.2) is 77.3 Å². The minimum absolute atomic E-state index is 0.0149. The molecule has 224 valence electrons. The maximum atomic E-state index is 14.1. The van der Waals surface area contributed by atoms with Gasteiger partial charge in [0.25, 0.3) is 10.0 Å². The number of halogens is 3. The van der Waals surface area contributed by atoms with Crippen molar-refractivity contribution in [3.63, 3.8) is 0 Å². The van der Waals surface area contributed by atoms with E-state index >= 15 is 0 Å². The van der Waals surface area contributed by atoms with E-state index < -0.39 is 26.7 Å². The van der Waals surface area contributed by atoms with Crippen LogP contribution in [-0.2, 0) is 30.5 Å². The van der Waals surface area contributed by atoms with Crippen molar-refractivity contribution in [3.05, 3.63) is 77.7 Å². The smallest absolute Gasteiger partial charge is 0.416 e. The summed E-state index contributed by atoms with van der Waals surface area (Å²) in [6.45, 7) is 1.99. The number of fused-ring (bicyclic) bond motifs is 3. The Morgan fingerprint density at radius 3 is 2.69 bits per heavy atom. The quantitative estimate of drug-likeness (QED) is 0.434. The van der Waals surface area contributed by atoms with Gasteiger partial charge in [-0.25, -0.2) is 13.4 Å². The van der Waals surface area contributed by atoms with E-state index in [0.717, 1.165) is 22.0 Å². The van der Waals surface area contributed by atoms with Gasteiger partial charge in [0.05, 0.1) is 49.4 Å². The number of nitrogens with zero attached hydrogens (tertiary/aromatic N) is 4. The third-order valence-electron chi connectivity index (χ3n) is 7.58. The van der Waals surface area contributed by atoms with Gasteiger partial charge in [-0.15, -0.1) is 0 Å². The second-order valence-corrected chi connectivity index (χ2v) is 12.0. The van der Waals surface area contributed by atoms with Crippen LogP contribution in [0.5, 0.6) is 0 Å². The van der Waals surface area contributed by atoms with Crippen molar-refractivity contribution in [2.24, 2.45) is 0 Å². The zero-order valence-corrected chi connectivity index (χ0v) is 24.0. The Morgan fingerprint density at radius 2 is 1.95 bits per heavy atom. The number of hydrogen-bond acceptors (Lipinski definition) is 8. The number of hydrogen-bond donors (Lipinski definition) is 0. The molecule has 5 rings (SSSR count). The van der Waals surface area contributed by atoms with Gasteiger partial charge in [0, 0.05) is 43.5 Å². The Kier molecular flexibility index (Phi) is 8.33. The Labute approximate surface area is 242 Å². The van der Waals surface area contributed by atoms with Gasteiger partial charge < -0.3 is 14.4 Å². The number of piperazine rings is 1. The lowest BCUT2D eigenvalue weighted by molar-refractivity contribution is -0.141. The van der Waals surface area contributed by atoms with E-state index in [2.05, 4.69) is 0 Å². The molecule has 2 aromatic rings. The fourth-order valence-corrected chi connectivity index (χ4v) is 6.98. The first kappa shape index (κ1) is 29.6. The largest absolute Gasteiger partial charge is 0.496 e. The molecular formula is C29H31F3N4O5S. The highest BCUT2D eigenvalue weighted by atomic mass is 32.2. The third kappa shape index (κ3) is 5.88. The molecule has 1 aliphatic carbocycles. The zero-order valence-electron chi connectivity index (χ0n) is 23.2. The normalized spacial score (nSPS) is 19.3. The summed E-state index contributed by atoms with van der Waals surface area (Å²) < 4.78 is 80.2. The third-order valence-corrected chi connectivity index (χ3v) is 9.35. The molecule has 0 radical (unpaired) electrons. The Balaban J connectivity index is 1.57. The number of anilines is 2. The fourth-order valence-electron chi connectivity index (χ4n) is 5.43. The summed E-state index contributed by atoms with van der Waals surface area (Å²) in [6, 6.07) is 5.12. The Hall–Kier alpha value is -3.84. The minimum atomic E-state index is -4.71. The maximum absolute atomic E-state index is 14.1. The summed E-state index contributed by atoms with van der Waals surface area (Å²) in [5.41, 5.74) is 0.568. The van der Waals surface area contributed by atoms with Gasteiger partial charge in [0.1, 0.15) is 5.76 Å². The van der Waals surface area contributed by atoms with Crippen molar-refractivity contribution < 1.29 is 35.9 Å². The van der Waals surface area contributed by atoms with Crippen LogP contribution in [0.4, 0.5) is 24.7 Å². The summed E-state index contributed by atoms with van der Waals surface area (Å²) >= 11 is 0. The van der Waals surface area contributed by atoms with E-state index in [-0.39, 0.29) is 30.7 Å². The van der Waals surface area contributed by atoms with Crippen LogP contribution in [0, 0.1) is 0 Å². The predicted octanol–water partition coefficient (Wildman–Crippen LogP) is 4.24. The molecule has 2 aliphatic heterocycles. The van der Waals surface area contributed by atoms with Crippen LogP contribution in [0.3, 0.4) is 0 Å². The van der Waals surface area contributed by atoms with Crippen molar-refractivity contribution in [2.75, 3.05) is 56.1 Å². The Bertz CT molecular complexity index is 1550. The number of benzene rings is 1. The van der Waals surface area contributed by atoms with Crippen LogP contribution >= 0.6 is 0 Å². The molecule has 0 spiro atoms. The first-order valence-electron chi connectivity index (χ1n) is 13.4. The maximum Gasteiger partial charge on any atom is 0.416 e. The Morgan fingerprint density at radius 1 is 1.14 bits per heavy atom. The lowest BCUT2D eigenvalue weighted by atomic mass is 10.0. The number of esters is 1. The molecule has 1 aromatic heterocycles. The van der Waals surface area contributed by atoms with Crippen LogP contribution in [0.2, 0.25) is 0 Å². The van der Waals surface area contributed by atoms with Gasteiger partial charge in [0.15, 0.2) is 5.82 Å². The van der Waals surface area contributed by atoms with E-state index in [9.17, 15) is 26.4 Å². The number of aromatic nitrogens is 1. The van der Waals surface area contributed by atoms with Crippen LogP contribution < -0.4 is 9.21 Å². The summed E-state index contributed by atoms with van der Waals surface area (Å²) in [6.07, 6.45) is 5.33. The molecule has 0 unspecified atom stereocenters. The van der Waals surface area contributed by atoms with Gasteiger partial charge in [-0.3, -0.25) is 14.0 Å². The molecule has 0 N–H and O–H groups in total. The monoisotopic (exact) mass is 604 g/mol. The molecule has 0 saturated carbocycles. The van der Waals surface area contributed by atoms with Crippen LogP contribution in [0.1, 0.15) is 24.0 Å². The number of rotatable bonds is 7. The number of ether oxygens (including phenoxy) is 2. The van der Waals surface area contributed by atoms with E-state index in [1.165, 1.54) is 13.2 Å². The molecule has 0 amide bonds. The van der Waals surface area contributed by atoms with Crippen molar-refractivity contribution in [2.45, 2.75) is 30.0 Å². The topological polar surface area (TPSA) is 92.3 Å². The average Bonchev–Trinajstić information content (AvgIpc) is 3.24. The number of carbonyl (C=O) groups is 1. The number of pyridine rings is 1. The van der Waals surface area contributed by atoms with E-state index in [1.54, 1.807) is 25.4 Å². The van der Waals surface area contributed by atoms with Gasteiger partial charge >= 0.3 is 12.1 Å².